The largest absolute Gasteiger partial charge is 0.483 e. The summed E-state index contributed by atoms with van der Waals surface area (Å²) in [7, 11) is 0. The van der Waals surface area contributed by atoms with Gasteiger partial charge in [0.1, 0.15) is 6.10 Å². The lowest BCUT2D eigenvalue weighted by atomic mass is 9.77. The van der Waals surface area contributed by atoms with Gasteiger partial charge in [-0.25, -0.2) is 4.98 Å². The monoisotopic (exact) mass is 500 g/mol. The minimum atomic E-state index is -0.508. The van der Waals surface area contributed by atoms with E-state index in [1.165, 1.54) is 16.9 Å². The molecule has 0 radical (unpaired) electrons. The Morgan fingerprint density at radius 2 is 1.90 bits per heavy atom. The summed E-state index contributed by atoms with van der Waals surface area (Å²) in [6.45, 7) is 6.51. The second-order valence-corrected chi connectivity index (χ2v) is 11.7. The molecule has 3 aliphatic rings. The number of thiazole rings is 1. The Morgan fingerprint density at radius 3 is 2.55 bits per heavy atom. The van der Waals surface area contributed by atoms with Crippen LogP contribution in [0.3, 0.4) is 0 Å². The number of benzene rings is 1. The van der Waals surface area contributed by atoms with Crippen LogP contribution in [0, 0.1) is 5.92 Å². The quantitative estimate of drug-likeness (QED) is 0.523. The summed E-state index contributed by atoms with van der Waals surface area (Å²) in [6.07, 6.45) is 3.92. The molecule has 0 N–H and O–H groups in total. The van der Waals surface area contributed by atoms with Crippen molar-refractivity contribution in [3.63, 3.8) is 0 Å². The zero-order valence-electron chi connectivity index (χ0n) is 17.8. The van der Waals surface area contributed by atoms with E-state index >= 15 is 0 Å². The number of amides is 1. The Balaban J connectivity index is 1.61. The third-order valence-electron chi connectivity index (χ3n) is 6.50. The van der Waals surface area contributed by atoms with Crippen molar-refractivity contribution in [1.82, 2.24) is 4.98 Å². The van der Waals surface area contributed by atoms with Gasteiger partial charge in [0.05, 0.1) is 17.5 Å². The van der Waals surface area contributed by atoms with E-state index in [9.17, 15) is 9.59 Å². The van der Waals surface area contributed by atoms with E-state index in [-0.39, 0.29) is 34.9 Å². The number of halogens is 1. The second kappa shape index (κ2) is 7.55. The Kier molecular flexibility index (Phi) is 5.09. The molecule has 0 bridgehead atoms. The first-order chi connectivity index (χ1) is 14.8. The average molecular weight is 501 g/mol. The van der Waals surface area contributed by atoms with Crippen molar-refractivity contribution >= 4 is 44.1 Å². The normalized spacial score (nSPS) is 28.5. The molecular formula is C24H25BrN2O3S. The second-order valence-electron chi connectivity index (χ2n) is 9.54. The van der Waals surface area contributed by atoms with Crippen LogP contribution < -0.4 is 4.90 Å². The molecular weight excluding hydrogens is 476 g/mol. The summed E-state index contributed by atoms with van der Waals surface area (Å²) < 4.78 is 6.23. The fraction of sp³-hybridized carbons (Fsp3) is 0.458. The van der Waals surface area contributed by atoms with Gasteiger partial charge in [0.15, 0.2) is 16.7 Å². The van der Waals surface area contributed by atoms with Crippen molar-refractivity contribution in [3.8, 4) is 0 Å². The first-order valence-corrected chi connectivity index (χ1v) is 12.5. The molecule has 1 fully saturated rings. The molecule has 5 rings (SSSR count). The van der Waals surface area contributed by atoms with Crippen LogP contribution in [-0.4, -0.2) is 27.6 Å². The Morgan fingerprint density at radius 1 is 1.16 bits per heavy atom. The van der Waals surface area contributed by atoms with Crippen LogP contribution in [0.15, 0.2) is 47.2 Å². The maximum atomic E-state index is 13.7. The van der Waals surface area contributed by atoms with Crippen LogP contribution in [0.5, 0.6) is 0 Å². The van der Waals surface area contributed by atoms with E-state index < -0.39 is 6.04 Å². The van der Waals surface area contributed by atoms with Crippen molar-refractivity contribution < 1.29 is 14.3 Å². The number of anilines is 1. The molecule has 4 unspecified atom stereocenters. The van der Waals surface area contributed by atoms with Crippen molar-refractivity contribution in [1.29, 1.82) is 0 Å². The van der Waals surface area contributed by atoms with E-state index in [4.69, 9.17) is 4.74 Å². The molecule has 31 heavy (non-hydrogen) atoms. The molecule has 1 amide bonds. The summed E-state index contributed by atoms with van der Waals surface area (Å²) in [5, 5.41) is 2.43. The predicted octanol–water partition coefficient (Wildman–Crippen LogP) is 5.31. The highest BCUT2D eigenvalue weighted by atomic mass is 79.9. The van der Waals surface area contributed by atoms with Crippen molar-refractivity contribution in [2.75, 3.05) is 4.90 Å². The Hall–Kier alpha value is -1.99. The number of alkyl halides is 1. The fourth-order valence-corrected chi connectivity index (χ4v) is 6.16. The highest BCUT2D eigenvalue weighted by molar-refractivity contribution is 9.09. The molecule has 2 aliphatic heterocycles. The van der Waals surface area contributed by atoms with E-state index in [2.05, 4.69) is 53.8 Å². The lowest BCUT2D eigenvalue weighted by molar-refractivity contribution is -0.131. The number of nitrogens with zero attached hydrogens (tertiary/aromatic N) is 2. The summed E-state index contributed by atoms with van der Waals surface area (Å²) in [6, 6.07) is 7.73. The molecule has 0 spiro atoms. The molecule has 4 atom stereocenters. The third kappa shape index (κ3) is 3.46. The number of fused-ring (bicyclic) bond motifs is 1. The van der Waals surface area contributed by atoms with Crippen LogP contribution in [-0.2, 0) is 19.7 Å². The van der Waals surface area contributed by atoms with Gasteiger partial charge in [-0.3, -0.25) is 14.5 Å². The van der Waals surface area contributed by atoms with E-state index in [1.54, 1.807) is 11.1 Å². The SMILES string of the molecule is CC(C)(C)c1ccc(C2C3=C(OC4CCC(Br)CC4C3=O)C(=O)N2c2nccs2)cc1. The number of hydrogen-bond donors (Lipinski definition) is 0. The van der Waals surface area contributed by atoms with Gasteiger partial charge in [-0.2, -0.15) is 0 Å². The zero-order chi connectivity index (χ0) is 21.9. The maximum absolute atomic E-state index is 13.7. The van der Waals surface area contributed by atoms with Gasteiger partial charge in [-0.1, -0.05) is 61.0 Å². The molecule has 0 saturated heterocycles. The maximum Gasteiger partial charge on any atom is 0.296 e. The number of carbonyl (C=O) groups is 2. The number of rotatable bonds is 2. The molecule has 3 heterocycles. The number of Topliss-reactive ketones (excluding diaryl/α,β-unsaturated/α-hetero) is 1. The van der Waals surface area contributed by atoms with Gasteiger partial charge in [0, 0.05) is 16.4 Å². The van der Waals surface area contributed by atoms with Crippen LogP contribution in [0.1, 0.15) is 57.2 Å². The minimum Gasteiger partial charge on any atom is -0.483 e. The lowest BCUT2D eigenvalue weighted by Crippen LogP contribution is -2.41. The molecule has 2 aromatic rings. The van der Waals surface area contributed by atoms with Gasteiger partial charge in [-0.15, -0.1) is 11.3 Å². The number of carbonyl (C=O) groups excluding carboxylic acids is 2. The van der Waals surface area contributed by atoms with E-state index in [1.807, 2.05) is 17.5 Å². The molecule has 7 heteroatoms. The van der Waals surface area contributed by atoms with Crippen molar-refractivity contribution in [2.45, 2.75) is 62.4 Å². The van der Waals surface area contributed by atoms with Crippen LogP contribution in [0.4, 0.5) is 5.13 Å². The zero-order valence-corrected chi connectivity index (χ0v) is 20.2. The van der Waals surface area contributed by atoms with Gasteiger partial charge in [0.2, 0.25) is 0 Å². The fourth-order valence-electron chi connectivity index (χ4n) is 4.83. The number of ether oxygens (including phenoxy) is 1. The molecule has 1 saturated carbocycles. The third-order valence-corrected chi connectivity index (χ3v) is 8.10. The molecule has 1 aromatic heterocycles. The van der Waals surface area contributed by atoms with Gasteiger partial charge in [-0.05, 0) is 35.8 Å². The van der Waals surface area contributed by atoms with E-state index in [0.717, 1.165) is 24.8 Å². The Labute approximate surface area is 194 Å². The van der Waals surface area contributed by atoms with Gasteiger partial charge < -0.3 is 4.74 Å². The first kappa shape index (κ1) is 20.9. The summed E-state index contributed by atoms with van der Waals surface area (Å²) in [4.78, 5) is 33.5. The lowest BCUT2D eigenvalue weighted by Gasteiger charge is -2.37. The molecule has 5 nitrogen and oxygen atoms in total. The average Bonchev–Trinajstić information content (AvgIpc) is 3.35. The minimum absolute atomic E-state index is 0.0213. The van der Waals surface area contributed by atoms with Crippen LogP contribution in [0.25, 0.3) is 0 Å². The van der Waals surface area contributed by atoms with Crippen LogP contribution in [0.2, 0.25) is 0 Å². The summed E-state index contributed by atoms with van der Waals surface area (Å²) in [5.74, 6) is -0.202. The van der Waals surface area contributed by atoms with Crippen molar-refractivity contribution in [2.24, 2.45) is 5.92 Å². The highest BCUT2D eigenvalue weighted by Crippen LogP contribution is 2.49. The van der Waals surface area contributed by atoms with Crippen LogP contribution >= 0.6 is 27.3 Å². The van der Waals surface area contributed by atoms with Gasteiger partial charge in [0.25, 0.3) is 5.91 Å². The first-order valence-electron chi connectivity index (χ1n) is 10.7. The van der Waals surface area contributed by atoms with Gasteiger partial charge >= 0.3 is 0 Å². The van der Waals surface area contributed by atoms with E-state index in [0.29, 0.717) is 15.5 Å². The highest BCUT2D eigenvalue weighted by Gasteiger charge is 2.53. The topological polar surface area (TPSA) is 59.5 Å². The predicted molar refractivity (Wildman–Crippen MR) is 124 cm³/mol. The number of hydrogen-bond acceptors (Lipinski definition) is 5. The summed E-state index contributed by atoms with van der Waals surface area (Å²) in [5.41, 5.74) is 2.62. The van der Waals surface area contributed by atoms with Crippen molar-refractivity contribution in [3.05, 3.63) is 58.3 Å². The molecule has 162 valence electrons. The smallest absolute Gasteiger partial charge is 0.296 e. The molecule has 1 aromatic carbocycles. The number of aromatic nitrogens is 1. The summed E-state index contributed by atoms with van der Waals surface area (Å²) >= 11 is 5.08. The molecule has 1 aliphatic carbocycles. The Bertz CT molecular complexity index is 1060. The standard InChI is InChI=1S/C24H25BrN2O3S/c1-24(2,3)14-6-4-13(5-7-14)19-18-20(28)16-12-15(25)8-9-17(16)30-21(18)22(29)27(19)23-26-10-11-31-23/h4-7,10-11,15-17,19H,8-9,12H2,1-3H3. The number of ketones is 1.